The molecule has 0 aliphatic rings. The van der Waals surface area contributed by atoms with E-state index in [9.17, 15) is 26.3 Å². The zero-order valence-electron chi connectivity index (χ0n) is 11.8. The summed E-state index contributed by atoms with van der Waals surface area (Å²) in [5.74, 6) is 0. The second-order valence-corrected chi connectivity index (χ2v) is 9.09. The molecule has 0 aromatic heterocycles. The Kier molecular flexibility index (Phi) is 5.15. The number of benzene rings is 1. The quantitative estimate of drug-likeness (QED) is 0.581. The Hall–Kier alpha value is -1.02. The van der Waals surface area contributed by atoms with E-state index in [0.29, 0.717) is 12.1 Å². The first kappa shape index (κ1) is 18.0. The minimum atomic E-state index is -4.83. The van der Waals surface area contributed by atoms with E-state index >= 15 is 0 Å². The summed E-state index contributed by atoms with van der Waals surface area (Å²) in [7, 11) is -1.47. The summed E-state index contributed by atoms with van der Waals surface area (Å²) >= 11 is 0. The van der Waals surface area contributed by atoms with Crippen molar-refractivity contribution in [1.29, 1.82) is 0 Å². The summed E-state index contributed by atoms with van der Waals surface area (Å²) in [6, 6.07) is 2.52. The lowest BCUT2D eigenvalue weighted by Gasteiger charge is -2.29. The zero-order valence-corrected chi connectivity index (χ0v) is 12.8. The summed E-state index contributed by atoms with van der Waals surface area (Å²) in [5.41, 5.74) is -2.58. The van der Waals surface area contributed by atoms with Crippen LogP contribution in [0.4, 0.5) is 26.3 Å². The first-order valence-corrected chi connectivity index (χ1v) is 8.67. The van der Waals surface area contributed by atoms with E-state index < -0.39 is 31.8 Å². The third-order valence-electron chi connectivity index (χ3n) is 3.65. The van der Waals surface area contributed by atoms with E-state index in [1.54, 1.807) is 13.8 Å². The first-order valence-electron chi connectivity index (χ1n) is 6.35. The molecule has 0 heterocycles. The molecule has 21 heavy (non-hydrogen) atoms. The van der Waals surface area contributed by atoms with E-state index in [-0.39, 0.29) is 11.3 Å². The van der Waals surface area contributed by atoms with Crippen LogP contribution in [0.1, 0.15) is 25.0 Å². The Morgan fingerprint density at radius 3 is 1.48 bits per heavy atom. The summed E-state index contributed by atoms with van der Waals surface area (Å²) in [6.07, 6.45) is -9.66. The Morgan fingerprint density at radius 2 is 1.24 bits per heavy atom. The van der Waals surface area contributed by atoms with Crippen molar-refractivity contribution in [3.05, 3.63) is 29.3 Å². The van der Waals surface area contributed by atoms with Crippen molar-refractivity contribution in [3.8, 4) is 0 Å². The van der Waals surface area contributed by atoms with Crippen LogP contribution in [0.5, 0.6) is 0 Å². The number of hydrogen-bond acceptors (Lipinski definition) is 1. The van der Waals surface area contributed by atoms with Crippen LogP contribution < -0.4 is 5.19 Å². The summed E-state index contributed by atoms with van der Waals surface area (Å²) in [4.78, 5) is 0. The maximum absolute atomic E-state index is 12.8. The van der Waals surface area contributed by atoms with Gasteiger partial charge in [-0.3, -0.25) is 0 Å². The summed E-state index contributed by atoms with van der Waals surface area (Å²) < 4.78 is 82.4. The number of rotatable bonds is 4. The first-order chi connectivity index (χ1) is 9.50. The molecule has 0 saturated carbocycles. The lowest BCUT2D eigenvalue weighted by atomic mass is 10.1. The zero-order chi connectivity index (χ0) is 16.5. The number of hydrogen-bond donors (Lipinski definition) is 0. The van der Waals surface area contributed by atoms with Gasteiger partial charge in [0, 0.05) is 7.11 Å². The third-order valence-corrected chi connectivity index (χ3v) is 8.05. The van der Waals surface area contributed by atoms with Gasteiger partial charge in [0.1, 0.15) is 0 Å². The molecule has 1 nitrogen and oxygen atoms in total. The third kappa shape index (κ3) is 3.79. The highest BCUT2D eigenvalue weighted by molar-refractivity contribution is 6.86. The van der Waals surface area contributed by atoms with Gasteiger partial charge in [0.2, 0.25) is 8.32 Å². The molecule has 0 unspecified atom stereocenters. The molecule has 0 atom stereocenters. The van der Waals surface area contributed by atoms with Crippen LogP contribution in [-0.4, -0.2) is 15.4 Å². The molecule has 1 aromatic rings. The average molecular weight is 330 g/mol. The maximum Gasteiger partial charge on any atom is 0.416 e. The van der Waals surface area contributed by atoms with Gasteiger partial charge in [-0.2, -0.15) is 26.3 Å². The lowest BCUT2D eigenvalue weighted by Crippen LogP contribution is -2.49. The average Bonchev–Trinajstić information content (AvgIpc) is 2.39. The Morgan fingerprint density at radius 1 is 0.857 bits per heavy atom. The number of halogens is 6. The van der Waals surface area contributed by atoms with E-state index in [1.165, 1.54) is 7.11 Å². The maximum atomic E-state index is 12.8. The fraction of sp³-hybridized carbons (Fsp3) is 0.538. The van der Waals surface area contributed by atoms with Gasteiger partial charge in [-0.1, -0.05) is 13.8 Å². The van der Waals surface area contributed by atoms with Gasteiger partial charge in [0.05, 0.1) is 11.1 Å². The molecule has 0 saturated heterocycles. The summed E-state index contributed by atoms with van der Waals surface area (Å²) in [6.45, 7) is 3.43. The smallest absolute Gasteiger partial charge is 0.416 e. The molecule has 0 N–H and O–H groups in total. The topological polar surface area (TPSA) is 9.23 Å². The molecule has 8 heteroatoms. The SMILES string of the molecule is CC[Si](CC)(OC)c1cc(C(F)(F)F)cc(C(F)(F)F)c1. The molecule has 0 aliphatic heterocycles. The van der Waals surface area contributed by atoms with Crippen molar-refractivity contribution in [2.45, 2.75) is 38.3 Å². The molecule has 0 radical (unpaired) electrons. The van der Waals surface area contributed by atoms with Crippen molar-refractivity contribution in [2.75, 3.05) is 7.11 Å². The molecule has 1 rings (SSSR count). The van der Waals surface area contributed by atoms with Gasteiger partial charge in [-0.15, -0.1) is 0 Å². The Bertz CT molecular complexity index is 450. The molecule has 0 spiro atoms. The Labute approximate surface area is 120 Å². The van der Waals surface area contributed by atoms with Crippen LogP contribution >= 0.6 is 0 Å². The lowest BCUT2D eigenvalue weighted by molar-refractivity contribution is -0.142. The van der Waals surface area contributed by atoms with Gasteiger partial charge in [-0.05, 0) is 35.5 Å². The van der Waals surface area contributed by atoms with Crippen LogP contribution in [0.2, 0.25) is 12.1 Å². The van der Waals surface area contributed by atoms with Crippen LogP contribution in [0, 0.1) is 0 Å². The standard InChI is InChI=1S/C13H16F6OSi/c1-4-21(5-2,20-3)11-7-9(12(14,15)16)6-10(8-11)13(17,18)19/h6-8H,4-5H2,1-3H3. The predicted octanol–water partition coefficient (Wildman–Crippen LogP) is 4.56. The van der Waals surface area contributed by atoms with Crippen molar-refractivity contribution < 1.29 is 30.8 Å². The van der Waals surface area contributed by atoms with Crippen molar-refractivity contribution in [3.63, 3.8) is 0 Å². The van der Waals surface area contributed by atoms with E-state index in [1.807, 2.05) is 0 Å². The van der Waals surface area contributed by atoms with Gasteiger partial charge in [-0.25, -0.2) is 0 Å². The molecular formula is C13H16F6OSi. The van der Waals surface area contributed by atoms with Gasteiger partial charge < -0.3 is 4.43 Å². The normalized spacial score (nSPS) is 13.6. The van der Waals surface area contributed by atoms with Gasteiger partial charge in [0.15, 0.2) is 0 Å². The number of alkyl halides is 6. The van der Waals surface area contributed by atoms with Crippen LogP contribution in [0.15, 0.2) is 18.2 Å². The van der Waals surface area contributed by atoms with Crippen molar-refractivity contribution in [2.24, 2.45) is 0 Å². The highest BCUT2D eigenvalue weighted by atomic mass is 28.4. The minimum absolute atomic E-state index is 0.0251. The monoisotopic (exact) mass is 330 g/mol. The molecule has 0 aliphatic carbocycles. The predicted molar refractivity (Wildman–Crippen MR) is 69.8 cm³/mol. The van der Waals surface area contributed by atoms with Crippen LogP contribution in [-0.2, 0) is 16.8 Å². The summed E-state index contributed by atoms with van der Waals surface area (Å²) in [5, 5.41) is 0.0251. The highest BCUT2D eigenvalue weighted by Gasteiger charge is 2.41. The fourth-order valence-corrected chi connectivity index (χ4v) is 5.25. The van der Waals surface area contributed by atoms with Gasteiger partial charge >= 0.3 is 12.4 Å². The molecule has 0 amide bonds. The fourth-order valence-electron chi connectivity index (χ4n) is 2.28. The molecule has 0 bridgehead atoms. The second kappa shape index (κ2) is 6.00. The van der Waals surface area contributed by atoms with Gasteiger partial charge in [0.25, 0.3) is 0 Å². The van der Waals surface area contributed by atoms with E-state index in [2.05, 4.69) is 0 Å². The second-order valence-electron chi connectivity index (χ2n) is 4.70. The highest BCUT2D eigenvalue weighted by Crippen LogP contribution is 2.35. The Balaban J connectivity index is 3.59. The van der Waals surface area contributed by atoms with E-state index in [4.69, 9.17) is 4.43 Å². The molecule has 1 aromatic carbocycles. The minimum Gasteiger partial charge on any atom is -0.416 e. The van der Waals surface area contributed by atoms with Crippen molar-refractivity contribution in [1.82, 2.24) is 0 Å². The van der Waals surface area contributed by atoms with Crippen molar-refractivity contribution >= 4 is 13.5 Å². The molecular weight excluding hydrogens is 314 g/mol. The largest absolute Gasteiger partial charge is 0.416 e. The molecule has 120 valence electrons. The van der Waals surface area contributed by atoms with Crippen LogP contribution in [0.25, 0.3) is 0 Å². The van der Waals surface area contributed by atoms with E-state index in [0.717, 1.165) is 12.1 Å². The van der Waals surface area contributed by atoms with Crippen LogP contribution in [0.3, 0.4) is 0 Å². The molecule has 0 fully saturated rings.